The van der Waals surface area contributed by atoms with Crippen LogP contribution in [0.3, 0.4) is 0 Å². The van der Waals surface area contributed by atoms with Crippen molar-refractivity contribution in [1.29, 1.82) is 0 Å². The molecule has 1 aliphatic heterocycles. The Bertz CT molecular complexity index is 456. The van der Waals surface area contributed by atoms with Gasteiger partial charge in [0.05, 0.1) is 12.6 Å². The smallest absolute Gasteiger partial charge is 0.194 e. The Morgan fingerprint density at radius 3 is 2.81 bits per heavy atom. The van der Waals surface area contributed by atoms with Crippen LogP contribution in [0.2, 0.25) is 0 Å². The zero-order valence-electron chi connectivity index (χ0n) is 12.8. The van der Waals surface area contributed by atoms with Crippen molar-refractivity contribution in [3.63, 3.8) is 0 Å². The third-order valence-electron chi connectivity index (χ3n) is 3.49. The van der Waals surface area contributed by atoms with Gasteiger partial charge in [-0.1, -0.05) is 0 Å². The number of piperidine rings is 1. The number of hydrogen-bond acceptors (Lipinski definition) is 3. The Balaban J connectivity index is 1.92. The number of likely N-dealkylation sites (tertiary alicyclic amines) is 1. The molecule has 0 saturated carbocycles. The minimum atomic E-state index is 0.419. The van der Waals surface area contributed by atoms with Gasteiger partial charge < -0.3 is 15.0 Å². The quantitative estimate of drug-likeness (QED) is 0.633. The number of aliphatic imine (C=N–C) groups is 1. The molecule has 1 saturated heterocycles. The maximum Gasteiger partial charge on any atom is 0.194 e. The molecule has 6 heteroatoms. The molecule has 21 heavy (non-hydrogen) atoms. The lowest BCUT2D eigenvalue weighted by Gasteiger charge is -2.34. The third kappa shape index (κ3) is 5.27. The summed E-state index contributed by atoms with van der Waals surface area (Å²) in [5.41, 5.74) is 0. The van der Waals surface area contributed by atoms with E-state index in [2.05, 4.69) is 51.4 Å². The average Bonchev–Trinajstić information content (AvgIpc) is 2.90. The minimum absolute atomic E-state index is 0.419. The van der Waals surface area contributed by atoms with Crippen LogP contribution < -0.4 is 5.32 Å². The summed E-state index contributed by atoms with van der Waals surface area (Å²) >= 11 is 5.23. The van der Waals surface area contributed by atoms with Crippen LogP contribution in [0.4, 0.5) is 0 Å². The molecule has 0 bridgehead atoms. The molecule has 0 spiro atoms. The molecule has 2 heterocycles. The highest BCUT2D eigenvalue weighted by atomic mass is 79.9. The molecule has 1 aliphatic rings. The summed E-state index contributed by atoms with van der Waals surface area (Å²) in [7, 11) is 0. The zero-order chi connectivity index (χ0) is 15.1. The van der Waals surface area contributed by atoms with E-state index in [0.717, 1.165) is 56.1 Å². The summed E-state index contributed by atoms with van der Waals surface area (Å²) in [5.74, 6) is 1.02. The largest absolute Gasteiger partial charge is 0.378 e. The second-order valence-corrected chi connectivity index (χ2v) is 6.95. The molecule has 0 atom stereocenters. The van der Waals surface area contributed by atoms with Crippen molar-refractivity contribution in [1.82, 2.24) is 10.2 Å². The number of ether oxygens (including phenoxy) is 1. The molecule has 2 rings (SSSR count). The van der Waals surface area contributed by atoms with Crippen LogP contribution in [-0.2, 0) is 11.3 Å². The summed E-state index contributed by atoms with van der Waals surface area (Å²) in [6, 6.07) is 2.14. The van der Waals surface area contributed by atoms with Gasteiger partial charge in [-0.05, 0) is 48.7 Å². The Labute approximate surface area is 139 Å². The summed E-state index contributed by atoms with van der Waals surface area (Å²) < 4.78 is 6.85. The summed E-state index contributed by atoms with van der Waals surface area (Å²) in [4.78, 5) is 8.40. The third-order valence-corrected chi connectivity index (χ3v) is 5.17. The van der Waals surface area contributed by atoms with Crippen LogP contribution in [0.1, 0.15) is 31.6 Å². The molecule has 1 aromatic heterocycles. The second-order valence-electron chi connectivity index (χ2n) is 5.04. The molecular formula is C15H24BrN3OS. The van der Waals surface area contributed by atoms with E-state index in [1.54, 1.807) is 11.3 Å². The lowest BCUT2D eigenvalue weighted by atomic mass is 10.1. The zero-order valence-corrected chi connectivity index (χ0v) is 15.2. The monoisotopic (exact) mass is 373 g/mol. The standard InChI is InChI=1S/C15H24BrN3OS/c1-3-17-15(18-10-14-9-12(16)11-21-14)19-7-5-13(6-8-19)20-4-2/h9,11,13H,3-8,10H2,1-2H3,(H,17,18). The predicted octanol–water partition coefficient (Wildman–Crippen LogP) is 3.48. The van der Waals surface area contributed by atoms with Crippen LogP contribution in [0.5, 0.6) is 0 Å². The number of nitrogens with one attached hydrogen (secondary N) is 1. The molecule has 0 amide bonds. The Morgan fingerprint density at radius 1 is 1.48 bits per heavy atom. The van der Waals surface area contributed by atoms with Crippen molar-refractivity contribution in [2.24, 2.45) is 4.99 Å². The van der Waals surface area contributed by atoms with E-state index in [1.807, 2.05) is 0 Å². The number of nitrogens with zero attached hydrogens (tertiary/aromatic N) is 2. The fraction of sp³-hybridized carbons (Fsp3) is 0.667. The Hall–Kier alpha value is -0.590. The summed E-state index contributed by atoms with van der Waals surface area (Å²) in [6.07, 6.45) is 2.59. The number of hydrogen-bond donors (Lipinski definition) is 1. The SMILES string of the molecule is CCNC(=NCc1cc(Br)cs1)N1CCC(OCC)CC1. The number of guanidine groups is 1. The normalized spacial score (nSPS) is 17.3. The highest BCUT2D eigenvalue weighted by molar-refractivity contribution is 9.10. The highest BCUT2D eigenvalue weighted by Gasteiger charge is 2.21. The Kier molecular flexibility index (Phi) is 6.99. The van der Waals surface area contributed by atoms with E-state index < -0.39 is 0 Å². The van der Waals surface area contributed by atoms with Crippen molar-refractivity contribution in [3.05, 3.63) is 20.8 Å². The van der Waals surface area contributed by atoms with Gasteiger partial charge in [0.25, 0.3) is 0 Å². The van der Waals surface area contributed by atoms with Crippen molar-refractivity contribution < 1.29 is 4.74 Å². The van der Waals surface area contributed by atoms with E-state index in [1.165, 1.54) is 4.88 Å². The van der Waals surface area contributed by atoms with E-state index in [4.69, 9.17) is 9.73 Å². The first-order valence-electron chi connectivity index (χ1n) is 7.60. The molecule has 4 nitrogen and oxygen atoms in total. The van der Waals surface area contributed by atoms with Gasteiger partial charge in [-0.15, -0.1) is 11.3 Å². The van der Waals surface area contributed by atoms with Crippen molar-refractivity contribution in [2.45, 2.75) is 39.3 Å². The summed E-state index contributed by atoms with van der Waals surface area (Å²) in [6.45, 7) is 8.67. The number of thiophene rings is 1. The first kappa shape index (κ1) is 16.8. The molecule has 0 aliphatic carbocycles. The van der Waals surface area contributed by atoms with Gasteiger partial charge in [-0.2, -0.15) is 0 Å². The van der Waals surface area contributed by atoms with Crippen LogP contribution in [-0.4, -0.2) is 43.2 Å². The van der Waals surface area contributed by atoms with E-state index in [-0.39, 0.29) is 0 Å². The molecule has 1 fully saturated rings. The maximum atomic E-state index is 5.71. The van der Waals surface area contributed by atoms with E-state index in [9.17, 15) is 0 Å². The molecular weight excluding hydrogens is 350 g/mol. The van der Waals surface area contributed by atoms with Crippen molar-refractivity contribution in [3.8, 4) is 0 Å². The van der Waals surface area contributed by atoms with Gasteiger partial charge in [-0.3, -0.25) is 0 Å². The molecule has 1 aromatic rings. The Morgan fingerprint density at radius 2 is 2.24 bits per heavy atom. The van der Waals surface area contributed by atoms with Gasteiger partial charge in [0.1, 0.15) is 0 Å². The highest BCUT2D eigenvalue weighted by Crippen LogP contribution is 2.20. The number of rotatable bonds is 5. The lowest BCUT2D eigenvalue weighted by molar-refractivity contribution is 0.0263. The van der Waals surface area contributed by atoms with Gasteiger partial charge in [0.2, 0.25) is 0 Å². The fourth-order valence-corrected chi connectivity index (χ4v) is 3.86. The first-order valence-corrected chi connectivity index (χ1v) is 9.28. The molecule has 0 unspecified atom stereocenters. The molecule has 1 N–H and O–H groups in total. The molecule has 0 aromatic carbocycles. The van der Waals surface area contributed by atoms with Crippen LogP contribution in [0.15, 0.2) is 20.9 Å². The van der Waals surface area contributed by atoms with Gasteiger partial charge in [-0.25, -0.2) is 4.99 Å². The minimum Gasteiger partial charge on any atom is -0.378 e. The summed E-state index contributed by atoms with van der Waals surface area (Å²) in [5, 5.41) is 5.51. The van der Waals surface area contributed by atoms with Crippen molar-refractivity contribution in [2.75, 3.05) is 26.2 Å². The average molecular weight is 374 g/mol. The van der Waals surface area contributed by atoms with E-state index >= 15 is 0 Å². The maximum absolute atomic E-state index is 5.71. The van der Waals surface area contributed by atoms with Gasteiger partial charge in [0, 0.05) is 41.0 Å². The second kappa shape index (κ2) is 8.76. The van der Waals surface area contributed by atoms with Gasteiger partial charge in [0.15, 0.2) is 5.96 Å². The number of halogens is 1. The van der Waals surface area contributed by atoms with Gasteiger partial charge >= 0.3 is 0 Å². The first-order chi connectivity index (χ1) is 10.2. The topological polar surface area (TPSA) is 36.9 Å². The molecule has 118 valence electrons. The lowest BCUT2D eigenvalue weighted by Crippen LogP contribution is -2.47. The van der Waals surface area contributed by atoms with Crippen LogP contribution in [0.25, 0.3) is 0 Å². The predicted molar refractivity (Wildman–Crippen MR) is 93.1 cm³/mol. The van der Waals surface area contributed by atoms with E-state index in [0.29, 0.717) is 6.10 Å². The fourth-order valence-electron chi connectivity index (χ4n) is 2.49. The molecule has 0 radical (unpaired) electrons. The van der Waals surface area contributed by atoms with Crippen molar-refractivity contribution >= 4 is 33.2 Å². The van der Waals surface area contributed by atoms with Crippen LogP contribution in [0, 0.1) is 0 Å². The van der Waals surface area contributed by atoms with Crippen LogP contribution >= 0.6 is 27.3 Å².